The van der Waals surface area contributed by atoms with Crippen LogP contribution >= 0.6 is 0 Å². The zero-order valence-electron chi connectivity index (χ0n) is 11.8. The minimum atomic E-state index is 0.0839. The molecular formula is C15H23N3O. The lowest BCUT2D eigenvalue weighted by Gasteiger charge is -2.14. The standard InChI is InChI=1S/C15H23N3O/c1-3-16-15(19)10-12-4-6-13(7-5-12)17-14-8-9-18(2)11-14/h4-7,14,17H,3,8-11H2,1-2H3,(H,16,19). The van der Waals surface area contributed by atoms with Crippen molar-refractivity contribution in [1.29, 1.82) is 0 Å². The van der Waals surface area contributed by atoms with Crippen LogP contribution < -0.4 is 10.6 Å². The molecule has 1 aliphatic rings. The molecule has 1 atom stereocenters. The first-order chi connectivity index (χ1) is 9.17. The summed E-state index contributed by atoms with van der Waals surface area (Å²) in [6, 6.07) is 8.71. The second-order valence-corrected chi connectivity index (χ2v) is 5.22. The molecule has 4 nitrogen and oxygen atoms in total. The van der Waals surface area contributed by atoms with E-state index in [1.54, 1.807) is 0 Å². The van der Waals surface area contributed by atoms with Gasteiger partial charge in [-0.1, -0.05) is 12.1 Å². The van der Waals surface area contributed by atoms with E-state index < -0.39 is 0 Å². The first-order valence-electron chi connectivity index (χ1n) is 6.98. The predicted molar refractivity (Wildman–Crippen MR) is 78.4 cm³/mol. The van der Waals surface area contributed by atoms with Crippen LogP contribution in [-0.2, 0) is 11.2 Å². The normalized spacial score (nSPS) is 19.4. The molecule has 2 rings (SSSR count). The van der Waals surface area contributed by atoms with Gasteiger partial charge in [-0.05, 0) is 44.6 Å². The zero-order chi connectivity index (χ0) is 13.7. The highest BCUT2D eigenvalue weighted by molar-refractivity contribution is 5.78. The third-order valence-corrected chi connectivity index (χ3v) is 3.45. The largest absolute Gasteiger partial charge is 0.381 e. The van der Waals surface area contributed by atoms with Crippen LogP contribution in [0.25, 0.3) is 0 Å². The van der Waals surface area contributed by atoms with E-state index in [2.05, 4.69) is 34.7 Å². The number of likely N-dealkylation sites (tertiary alicyclic amines) is 1. The van der Waals surface area contributed by atoms with Crippen molar-refractivity contribution in [1.82, 2.24) is 10.2 Å². The third-order valence-electron chi connectivity index (χ3n) is 3.45. The molecular weight excluding hydrogens is 238 g/mol. The summed E-state index contributed by atoms with van der Waals surface area (Å²) in [7, 11) is 2.15. The molecule has 19 heavy (non-hydrogen) atoms. The Morgan fingerprint density at radius 1 is 1.37 bits per heavy atom. The second-order valence-electron chi connectivity index (χ2n) is 5.22. The number of anilines is 1. The van der Waals surface area contributed by atoms with Crippen LogP contribution in [0.3, 0.4) is 0 Å². The van der Waals surface area contributed by atoms with E-state index in [0.29, 0.717) is 19.0 Å². The van der Waals surface area contributed by atoms with Crippen LogP contribution in [0.5, 0.6) is 0 Å². The summed E-state index contributed by atoms with van der Waals surface area (Å²) in [4.78, 5) is 13.8. The minimum absolute atomic E-state index is 0.0839. The number of likely N-dealkylation sites (N-methyl/N-ethyl adjacent to an activating group) is 2. The number of nitrogens with zero attached hydrogens (tertiary/aromatic N) is 1. The van der Waals surface area contributed by atoms with Crippen molar-refractivity contribution < 1.29 is 4.79 Å². The number of nitrogens with one attached hydrogen (secondary N) is 2. The first kappa shape index (κ1) is 13.9. The van der Waals surface area contributed by atoms with Gasteiger partial charge in [-0.15, -0.1) is 0 Å². The van der Waals surface area contributed by atoms with Gasteiger partial charge in [-0.3, -0.25) is 4.79 Å². The summed E-state index contributed by atoms with van der Waals surface area (Å²) in [5.74, 6) is 0.0839. The summed E-state index contributed by atoms with van der Waals surface area (Å²) in [6.45, 7) is 4.88. The molecule has 1 amide bonds. The molecule has 4 heteroatoms. The number of hydrogen-bond acceptors (Lipinski definition) is 3. The highest BCUT2D eigenvalue weighted by Crippen LogP contribution is 2.15. The average molecular weight is 261 g/mol. The lowest BCUT2D eigenvalue weighted by molar-refractivity contribution is -0.120. The van der Waals surface area contributed by atoms with Gasteiger partial charge < -0.3 is 15.5 Å². The average Bonchev–Trinajstić information content (AvgIpc) is 2.78. The molecule has 1 unspecified atom stereocenters. The molecule has 1 aromatic carbocycles. The van der Waals surface area contributed by atoms with Crippen LogP contribution in [0.2, 0.25) is 0 Å². The van der Waals surface area contributed by atoms with E-state index in [9.17, 15) is 4.79 Å². The highest BCUT2D eigenvalue weighted by atomic mass is 16.1. The van der Waals surface area contributed by atoms with Gasteiger partial charge >= 0.3 is 0 Å². The van der Waals surface area contributed by atoms with Crippen molar-refractivity contribution in [3.63, 3.8) is 0 Å². The molecule has 0 radical (unpaired) electrons. The number of carbonyl (C=O) groups is 1. The van der Waals surface area contributed by atoms with Crippen molar-refractivity contribution in [2.75, 3.05) is 32.0 Å². The number of rotatable bonds is 5. The number of hydrogen-bond donors (Lipinski definition) is 2. The molecule has 0 bridgehead atoms. The Hall–Kier alpha value is -1.55. The van der Waals surface area contributed by atoms with Crippen molar-refractivity contribution in [3.05, 3.63) is 29.8 Å². The van der Waals surface area contributed by atoms with Crippen molar-refractivity contribution in [2.45, 2.75) is 25.8 Å². The Kier molecular flexibility index (Phi) is 4.80. The Labute approximate surface area is 115 Å². The Balaban J connectivity index is 1.86. The van der Waals surface area contributed by atoms with E-state index in [0.717, 1.165) is 24.3 Å². The van der Waals surface area contributed by atoms with Crippen LogP contribution in [0.15, 0.2) is 24.3 Å². The maximum Gasteiger partial charge on any atom is 0.224 e. The number of benzene rings is 1. The van der Waals surface area contributed by atoms with E-state index >= 15 is 0 Å². The molecule has 0 spiro atoms. The number of carbonyl (C=O) groups excluding carboxylic acids is 1. The summed E-state index contributed by atoms with van der Waals surface area (Å²) in [6.07, 6.45) is 1.65. The van der Waals surface area contributed by atoms with Gasteiger partial charge in [0.25, 0.3) is 0 Å². The summed E-state index contributed by atoms with van der Waals surface area (Å²) < 4.78 is 0. The Morgan fingerprint density at radius 2 is 2.11 bits per heavy atom. The lowest BCUT2D eigenvalue weighted by atomic mass is 10.1. The van der Waals surface area contributed by atoms with E-state index in [1.165, 1.54) is 6.42 Å². The van der Waals surface area contributed by atoms with E-state index in [1.807, 2.05) is 19.1 Å². The molecule has 1 heterocycles. The highest BCUT2D eigenvalue weighted by Gasteiger charge is 2.18. The maximum absolute atomic E-state index is 11.5. The van der Waals surface area contributed by atoms with Gasteiger partial charge in [-0.2, -0.15) is 0 Å². The fourth-order valence-electron chi connectivity index (χ4n) is 2.45. The van der Waals surface area contributed by atoms with E-state index in [4.69, 9.17) is 0 Å². The Morgan fingerprint density at radius 3 is 2.68 bits per heavy atom. The molecule has 1 aliphatic heterocycles. The van der Waals surface area contributed by atoms with Crippen LogP contribution in [0, 0.1) is 0 Å². The monoisotopic (exact) mass is 261 g/mol. The van der Waals surface area contributed by atoms with Crippen LogP contribution in [-0.4, -0.2) is 43.5 Å². The van der Waals surface area contributed by atoms with E-state index in [-0.39, 0.29) is 5.91 Å². The number of amides is 1. The summed E-state index contributed by atoms with van der Waals surface area (Å²) >= 11 is 0. The van der Waals surface area contributed by atoms with Gasteiger partial charge in [0, 0.05) is 24.8 Å². The van der Waals surface area contributed by atoms with Gasteiger partial charge in [0.1, 0.15) is 0 Å². The summed E-state index contributed by atoms with van der Waals surface area (Å²) in [5, 5.41) is 6.35. The predicted octanol–water partition coefficient (Wildman–Crippen LogP) is 1.48. The molecule has 0 aromatic heterocycles. The summed E-state index contributed by atoms with van der Waals surface area (Å²) in [5.41, 5.74) is 2.19. The Bertz CT molecular complexity index is 416. The fraction of sp³-hybridized carbons (Fsp3) is 0.533. The maximum atomic E-state index is 11.5. The van der Waals surface area contributed by atoms with Crippen molar-refractivity contribution >= 4 is 11.6 Å². The van der Waals surface area contributed by atoms with Crippen molar-refractivity contribution in [2.24, 2.45) is 0 Å². The zero-order valence-corrected chi connectivity index (χ0v) is 11.8. The van der Waals surface area contributed by atoms with Crippen molar-refractivity contribution in [3.8, 4) is 0 Å². The molecule has 0 saturated carbocycles. The van der Waals surface area contributed by atoms with Crippen LogP contribution in [0.1, 0.15) is 18.9 Å². The lowest BCUT2D eigenvalue weighted by Crippen LogP contribution is -2.24. The third kappa shape index (κ3) is 4.24. The van der Waals surface area contributed by atoms with Gasteiger partial charge in [-0.25, -0.2) is 0 Å². The first-order valence-corrected chi connectivity index (χ1v) is 6.98. The molecule has 1 fully saturated rings. The van der Waals surface area contributed by atoms with Gasteiger partial charge in [0.2, 0.25) is 5.91 Å². The molecule has 104 valence electrons. The molecule has 2 N–H and O–H groups in total. The van der Waals surface area contributed by atoms with Crippen LogP contribution in [0.4, 0.5) is 5.69 Å². The van der Waals surface area contributed by atoms with Gasteiger partial charge in [0.05, 0.1) is 6.42 Å². The molecule has 1 saturated heterocycles. The smallest absolute Gasteiger partial charge is 0.224 e. The topological polar surface area (TPSA) is 44.4 Å². The fourth-order valence-corrected chi connectivity index (χ4v) is 2.45. The quantitative estimate of drug-likeness (QED) is 0.844. The SMILES string of the molecule is CCNC(=O)Cc1ccc(NC2CCN(C)C2)cc1. The second kappa shape index (κ2) is 6.57. The molecule has 1 aromatic rings. The molecule has 0 aliphatic carbocycles. The van der Waals surface area contributed by atoms with Gasteiger partial charge in [0.15, 0.2) is 0 Å². The minimum Gasteiger partial charge on any atom is -0.381 e.